The molecule has 1 saturated carbocycles. The summed E-state index contributed by atoms with van der Waals surface area (Å²) in [6, 6.07) is 9.39. The number of nitrogens with one attached hydrogen (secondary N) is 1. The molecule has 1 N–H and O–H groups in total. The molecule has 112 valence electrons. The van der Waals surface area contributed by atoms with Crippen LogP contribution < -0.4 is 5.32 Å². The average molecular weight is 294 g/mol. The quantitative estimate of drug-likeness (QED) is 0.778. The summed E-state index contributed by atoms with van der Waals surface area (Å²) in [6.45, 7) is 9.39. The summed E-state index contributed by atoms with van der Waals surface area (Å²) in [6.07, 6.45) is 4.05. The molecule has 1 nitrogen and oxygen atoms in total. The van der Waals surface area contributed by atoms with Gasteiger partial charge in [0.2, 0.25) is 0 Å². The van der Waals surface area contributed by atoms with Gasteiger partial charge in [0.15, 0.2) is 0 Å². The van der Waals surface area contributed by atoms with Crippen molar-refractivity contribution in [3.05, 3.63) is 34.9 Å². The molecule has 4 unspecified atom stereocenters. The van der Waals surface area contributed by atoms with E-state index in [1.54, 1.807) is 0 Å². The predicted molar refractivity (Wildman–Crippen MR) is 88.1 cm³/mol. The van der Waals surface area contributed by atoms with Gasteiger partial charge in [-0.2, -0.15) is 0 Å². The fourth-order valence-electron chi connectivity index (χ4n) is 3.39. The van der Waals surface area contributed by atoms with E-state index >= 15 is 0 Å². The molecule has 2 rings (SSSR count). The Morgan fingerprint density at radius 2 is 1.75 bits per heavy atom. The fourth-order valence-corrected chi connectivity index (χ4v) is 3.52. The van der Waals surface area contributed by atoms with Crippen molar-refractivity contribution in [1.82, 2.24) is 5.32 Å². The lowest BCUT2D eigenvalue weighted by Crippen LogP contribution is -2.43. The maximum atomic E-state index is 6.01. The maximum absolute atomic E-state index is 6.01. The van der Waals surface area contributed by atoms with E-state index in [-0.39, 0.29) is 0 Å². The minimum absolute atomic E-state index is 0.421. The van der Waals surface area contributed by atoms with Crippen LogP contribution in [0, 0.1) is 17.8 Å². The highest BCUT2D eigenvalue weighted by molar-refractivity contribution is 6.30. The lowest BCUT2D eigenvalue weighted by Gasteiger charge is -2.38. The van der Waals surface area contributed by atoms with E-state index in [4.69, 9.17) is 11.6 Å². The first-order valence-electron chi connectivity index (χ1n) is 8.00. The first-order chi connectivity index (χ1) is 9.49. The van der Waals surface area contributed by atoms with Crippen LogP contribution in [0.15, 0.2) is 24.3 Å². The van der Waals surface area contributed by atoms with Gasteiger partial charge in [0.1, 0.15) is 0 Å². The van der Waals surface area contributed by atoms with Gasteiger partial charge in [0.05, 0.1) is 0 Å². The second-order valence-corrected chi connectivity index (χ2v) is 7.25. The zero-order valence-corrected chi connectivity index (χ0v) is 14.0. The average Bonchev–Trinajstić information content (AvgIpc) is 2.41. The zero-order valence-electron chi connectivity index (χ0n) is 13.2. The molecule has 0 radical (unpaired) electrons. The first-order valence-corrected chi connectivity index (χ1v) is 8.38. The zero-order chi connectivity index (χ0) is 14.7. The largest absolute Gasteiger partial charge is 0.307 e. The van der Waals surface area contributed by atoms with Crippen LogP contribution in [-0.4, -0.2) is 6.04 Å². The number of halogens is 1. The van der Waals surface area contributed by atoms with Gasteiger partial charge in [-0.3, -0.25) is 0 Å². The van der Waals surface area contributed by atoms with Crippen LogP contribution in [0.5, 0.6) is 0 Å². The second-order valence-electron chi connectivity index (χ2n) is 6.81. The van der Waals surface area contributed by atoms with Crippen LogP contribution in [-0.2, 0) is 0 Å². The maximum Gasteiger partial charge on any atom is 0.0406 e. The lowest BCUT2D eigenvalue weighted by atomic mass is 9.77. The number of benzene rings is 1. The summed E-state index contributed by atoms with van der Waals surface area (Å²) in [7, 11) is 0. The topological polar surface area (TPSA) is 12.0 Å². The molecule has 0 spiro atoms. The summed E-state index contributed by atoms with van der Waals surface area (Å²) in [5, 5.41) is 4.74. The SMILES string of the molecule is CC(C)C(NC1CCCC(C)C1C)c1ccc(Cl)cc1. The predicted octanol–water partition coefficient (Wildman–Crippen LogP) is 5.45. The van der Waals surface area contributed by atoms with Gasteiger partial charge < -0.3 is 5.32 Å². The molecule has 1 aromatic carbocycles. The highest BCUT2D eigenvalue weighted by atomic mass is 35.5. The first kappa shape index (κ1) is 15.9. The van der Waals surface area contributed by atoms with Crippen LogP contribution in [0.2, 0.25) is 5.02 Å². The monoisotopic (exact) mass is 293 g/mol. The van der Waals surface area contributed by atoms with E-state index in [0.29, 0.717) is 18.0 Å². The molecule has 1 fully saturated rings. The van der Waals surface area contributed by atoms with Gasteiger partial charge >= 0.3 is 0 Å². The molecular formula is C18H28ClN. The molecule has 0 bridgehead atoms. The molecular weight excluding hydrogens is 266 g/mol. The Bertz CT molecular complexity index is 412. The van der Waals surface area contributed by atoms with E-state index in [9.17, 15) is 0 Å². The Morgan fingerprint density at radius 3 is 2.35 bits per heavy atom. The summed E-state index contributed by atoms with van der Waals surface area (Å²) >= 11 is 6.01. The Morgan fingerprint density at radius 1 is 1.10 bits per heavy atom. The van der Waals surface area contributed by atoms with Crippen LogP contribution in [0.1, 0.15) is 58.6 Å². The van der Waals surface area contributed by atoms with E-state index < -0.39 is 0 Å². The van der Waals surface area contributed by atoms with E-state index in [1.807, 2.05) is 12.1 Å². The molecule has 1 aromatic rings. The lowest BCUT2D eigenvalue weighted by molar-refractivity contribution is 0.182. The molecule has 0 aliphatic heterocycles. The minimum Gasteiger partial charge on any atom is -0.307 e. The van der Waals surface area contributed by atoms with Gasteiger partial charge in [-0.05, 0) is 41.9 Å². The second kappa shape index (κ2) is 6.95. The molecule has 1 aliphatic carbocycles. The Balaban J connectivity index is 2.11. The molecule has 4 atom stereocenters. The third-order valence-electron chi connectivity index (χ3n) is 5.00. The number of rotatable bonds is 4. The normalized spacial score (nSPS) is 28.6. The standard InChI is InChI=1S/C18H28ClN/c1-12(2)18(15-8-10-16(19)11-9-15)20-17-7-5-6-13(3)14(17)4/h8-14,17-18,20H,5-7H2,1-4H3. The summed E-state index contributed by atoms with van der Waals surface area (Å²) in [5.41, 5.74) is 1.36. The van der Waals surface area contributed by atoms with Gasteiger partial charge in [0.25, 0.3) is 0 Å². The third kappa shape index (κ3) is 3.77. The van der Waals surface area contributed by atoms with Crippen LogP contribution in [0.3, 0.4) is 0 Å². The van der Waals surface area contributed by atoms with Crippen molar-refractivity contribution in [2.24, 2.45) is 17.8 Å². The van der Waals surface area contributed by atoms with Crippen molar-refractivity contribution in [2.75, 3.05) is 0 Å². The fraction of sp³-hybridized carbons (Fsp3) is 0.667. The number of hydrogen-bond donors (Lipinski definition) is 1. The Kier molecular flexibility index (Phi) is 5.51. The van der Waals surface area contributed by atoms with Crippen molar-refractivity contribution in [3.8, 4) is 0 Å². The number of hydrogen-bond acceptors (Lipinski definition) is 1. The van der Waals surface area contributed by atoms with Crippen molar-refractivity contribution >= 4 is 11.6 Å². The molecule has 0 aromatic heterocycles. The van der Waals surface area contributed by atoms with Gasteiger partial charge in [-0.25, -0.2) is 0 Å². The van der Waals surface area contributed by atoms with Crippen molar-refractivity contribution < 1.29 is 0 Å². The summed E-state index contributed by atoms with van der Waals surface area (Å²) in [4.78, 5) is 0. The molecule has 0 heterocycles. The molecule has 2 heteroatoms. The molecule has 1 aliphatic rings. The highest BCUT2D eigenvalue weighted by Gasteiger charge is 2.29. The van der Waals surface area contributed by atoms with E-state index in [1.165, 1.54) is 24.8 Å². The van der Waals surface area contributed by atoms with Gasteiger partial charge in [0, 0.05) is 17.1 Å². The van der Waals surface area contributed by atoms with E-state index in [2.05, 4.69) is 45.1 Å². The van der Waals surface area contributed by atoms with Gasteiger partial charge in [-0.15, -0.1) is 0 Å². The Labute approximate surface area is 129 Å². The summed E-state index contributed by atoms with van der Waals surface area (Å²) in [5.74, 6) is 2.18. The van der Waals surface area contributed by atoms with Crippen LogP contribution in [0.4, 0.5) is 0 Å². The Hall–Kier alpha value is -0.530. The van der Waals surface area contributed by atoms with Crippen LogP contribution in [0.25, 0.3) is 0 Å². The van der Waals surface area contributed by atoms with Crippen molar-refractivity contribution in [2.45, 2.75) is 59.0 Å². The smallest absolute Gasteiger partial charge is 0.0406 e. The van der Waals surface area contributed by atoms with E-state index in [0.717, 1.165) is 16.9 Å². The van der Waals surface area contributed by atoms with Crippen molar-refractivity contribution in [1.29, 1.82) is 0 Å². The minimum atomic E-state index is 0.421. The third-order valence-corrected chi connectivity index (χ3v) is 5.25. The summed E-state index contributed by atoms with van der Waals surface area (Å²) < 4.78 is 0. The molecule has 0 saturated heterocycles. The molecule has 0 amide bonds. The highest BCUT2D eigenvalue weighted by Crippen LogP contribution is 2.32. The van der Waals surface area contributed by atoms with Gasteiger partial charge in [-0.1, -0.05) is 64.3 Å². The van der Waals surface area contributed by atoms with Crippen LogP contribution >= 0.6 is 11.6 Å². The van der Waals surface area contributed by atoms with Crippen molar-refractivity contribution in [3.63, 3.8) is 0 Å². The molecule has 20 heavy (non-hydrogen) atoms.